The highest BCUT2D eigenvalue weighted by molar-refractivity contribution is 5.09. The van der Waals surface area contributed by atoms with Gasteiger partial charge in [0, 0.05) is 24.3 Å². The summed E-state index contributed by atoms with van der Waals surface area (Å²) in [5.74, 6) is 0.602. The van der Waals surface area contributed by atoms with Gasteiger partial charge in [0.1, 0.15) is 6.61 Å². The molecular formula is C14H24N4O. The Labute approximate surface area is 115 Å². The second-order valence-electron chi connectivity index (χ2n) is 6.00. The first kappa shape index (κ1) is 14.2. The summed E-state index contributed by atoms with van der Waals surface area (Å²) in [4.78, 5) is 10.8. The van der Waals surface area contributed by atoms with E-state index < -0.39 is 0 Å². The minimum Gasteiger partial charge on any atom is -0.475 e. The zero-order chi connectivity index (χ0) is 13.9. The van der Waals surface area contributed by atoms with Gasteiger partial charge in [0.05, 0.1) is 11.9 Å². The Morgan fingerprint density at radius 3 is 2.74 bits per heavy atom. The van der Waals surface area contributed by atoms with Gasteiger partial charge in [-0.05, 0) is 40.8 Å². The molecule has 0 radical (unpaired) electrons. The fraction of sp³-hybridized carbons (Fsp3) is 0.714. The van der Waals surface area contributed by atoms with Gasteiger partial charge in [0.15, 0.2) is 0 Å². The van der Waals surface area contributed by atoms with Crippen molar-refractivity contribution in [2.45, 2.75) is 44.8 Å². The molecule has 19 heavy (non-hydrogen) atoms. The molecule has 0 saturated heterocycles. The van der Waals surface area contributed by atoms with Gasteiger partial charge < -0.3 is 15.0 Å². The minimum atomic E-state index is -0.0239. The fourth-order valence-corrected chi connectivity index (χ4v) is 1.46. The highest BCUT2D eigenvalue weighted by Gasteiger charge is 2.22. The van der Waals surface area contributed by atoms with Crippen molar-refractivity contribution in [1.29, 1.82) is 0 Å². The van der Waals surface area contributed by atoms with E-state index >= 15 is 0 Å². The normalized spacial score (nSPS) is 15.8. The second kappa shape index (κ2) is 5.84. The molecule has 5 heteroatoms. The van der Waals surface area contributed by atoms with E-state index in [-0.39, 0.29) is 5.54 Å². The van der Waals surface area contributed by atoms with Crippen LogP contribution in [0.25, 0.3) is 0 Å². The Hall–Kier alpha value is -1.20. The van der Waals surface area contributed by atoms with Crippen LogP contribution < -0.4 is 10.1 Å². The average molecular weight is 264 g/mol. The molecule has 1 fully saturated rings. The second-order valence-corrected chi connectivity index (χ2v) is 6.00. The predicted octanol–water partition coefficient (Wildman–Crippen LogP) is 1.45. The predicted molar refractivity (Wildman–Crippen MR) is 75.2 cm³/mol. The van der Waals surface area contributed by atoms with Crippen LogP contribution in [0.5, 0.6) is 5.88 Å². The fourth-order valence-electron chi connectivity index (χ4n) is 1.46. The topological polar surface area (TPSA) is 50.3 Å². The van der Waals surface area contributed by atoms with Crippen molar-refractivity contribution in [2.75, 3.05) is 20.7 Å². The van der Waals surface area contributed by atoms with Crippen LogP contribution in [0.3, 0.4) is 0 Å². The van der Waals surface area contributed by atoms with Crippen LogP contribution in [0.2, 0.25) is 0 Å². The molecule has 1 aromatic rings. The van der Waals surface area contributed by atoms with E-state index in [1.54, 1.807) is 12.4 Å². The number of ether oxygens (including phenoxy) is 1. The van der Waals surface area contributed by atoms with E-state index in [0.717, 1.165) is 12.2 Å². The Morgan fingerprint density at radius 1 is 1.37 bits per heavy atom. The average Bonchev–Trinajstić information content (AvgIpc) is 3.18. The Bertz CT molecular complexity index is 416. The van der Waals surface area contributed by atoms with Crippen LogP contribution >= 0.6 is 0 Å². The summed E-state index contributed by atoms with van der Waals surface area (Å²) in [7, 11) is 4.09. The monoisotopic (exact) mass is 264 g/mol. The molecule has 0 bridgehead atoms. The van der Waals surface area contributed by atoms with Crippen LogP contribution in [0.15, 0.2) is 12.4 Å². The molecule has 0 unspecified atom stereocenters. The molecule has 0 amide bonds. The van der Waals surface area contributed by atoms with Crippen LogP contribution in [0.1, 0.15) is 32.4 Å². The Morgan fingerprint density at radius 2 is 2.11 bits per heavy atom. The van der Waals surface area contributed by atoms with Gasteiger partial charge in [0.2, 0.25) is 5.88 Å². The zero-order valence-electron chi connectivity index (χ0n) is 12.3. The molecule has 0 atom stereocenters. The number of nitrogens with zero attached hydrogens (tertiary/aromatic N) is 3. The van der Waals surface area contributed by atoms with E-state index in [9.17, 15) is 0 Å². The SMILES string of the molecule is CN(C)C(C)(C)COc1cncc(CNC2CC2)n1. The molecule has 1 saturated carbocycles. The van der Waals surface area contributed by atoms with Crippen molar-refractivity contribution in [3.63, 3.8) is 0 Å². The van der Waals surface area contributed by atoms with E-state index in [2.05, 4.69) is 34.0 Å². The lowest BCUT2D eigenvalue weighted by Gasteiger charge is -2.31. The molecule has 1 aliphatic rings. The summed E-state index contributed by atoms with van der Waals surface area (Å²) in [6.45, 7) is 5.64. The minimum absolute atomic E-state index is 0.0239. The summed E-state index contributed by atoms with van der Waals surface area (Å²) < 4.78 is 5.75. The first-order valence-electron chi connectivity index (χ1n) is 6.82. The van der Waals surface area contributed by atoms with Crippen LogP contribution in [0.4, 0.5) is 0 Å². The van der Waals surface area contributed by atoms with Gasteiger partial charge in [-0.3, -0.25) is 4.98 Å². The first-order chi connectivity index (χ1) is 8.97. The van der Waals surface area contributed by atoms with Gasteiger partial charge in [-0.25, -0.2) is 4.98 Å². The molecular weight excluding hydrogens is 240 g/mol. The summed E-state index contributed by atoms with van der Waals surface area (Å²) >= 11 is 0. The van der Waals surface area contributed by atoms with Gasteiger partial charge in [0.25, 0.3) is 0 Å². The van der Waals surface area contributed by atoms with Crippen LogP contribution in [-0.4, -0.2) is 47.2 Å². The first-order valence-corrected chi connectivity index (χ1v) is 6.82. The lowest BCUT2D eigenvalue weighted by atomic mass is 10.1. The summed E-state index contributed by atoms with van der Waals surface area (Å²) in [5.41, 5.74) is 0.913. The molecule has 5 nitrogen and oxygen atoms in total. The molecule has 0 spiro atoms. The summed E-state index contributed by atoms with van der Waals surface area (Å²) in [6.07, 6.45) is 6.02. The third-order valence-corrected chi connectivity index (χ3v) is 3.60. The van der Waals surface area contributed by atoms with Crippen molar-refractivity contribution < 1.29 is 4.74 Å². The van der Waals surface area contributed by atoms with Crippen molar-refractivity contribution >= 4 is 0 Å². The number of hydrogen-bond donors (Lipinski definition) is 1. The van der Waals surface area contributed by atoms with Crippen molar-refractivity contribution in [3.8, 4) is 5.88 Å². The number of hydrogen-bond acceptors (Lipinski definition) is 5. The summed E-state index contributed by atoms with van der Waals surface area (Å²) in [6, 6.07) is 0.680. The number of nitrogens with one attached hydrogen (secondary N) is 1. The molecule has 1 heterocycles. The maximum Gasteiger partial charge on any atom is 0.232 e. The highest BCUT2D eigenvalue weighted by atomic mass is 16.5. The smallest absolute Gasteiger partial charge is 0.232 e. The van der Waals surface area contributed by atoms with Crippen molar-refractivity contribution in [3.05, 3.63) is 18.1 Å². The van der Waals surface area contributed by atoms with E-state index in [0.29, 0.717) is 18.5 Å². The molecule has 106 valence electrons. The number of rotatable bonds is 7. The zero-order valence-corrected chi connectivity index (χ0v) is 12.3. The van der Waals surface area contributed by atoms with Gasteiger partial charge in [-0.15, -0.1) is 0 Å². The van der Waals surface area contributed by atoms with E-state index in [4.69, 9.17) is 4.74 Å². The van der Waals surface area contributed by atoms with Gasteiger partial charge in [-0.1, -0.05) is 0 Å². The highest BCUT2D eigenvalue weighted by Crippen LogP contribution is 2.19. The Balaban J connectivity index is 1.87. The van der Waals surface area contributed by atoms with Crippen LogP contribution in [0, 0.1) is 0 Å². The van der Waals surface area contributed by atoms with E-state index in [1.807, 2.05) is 14.1 Å². The Kier molecular flexibility index (Phi) is 4.37. The molecule has 0 aliphatic heterocycles. The summed E-state index contributed by atoms with van der Waals surface area (Å²) in [5, 5.41) is 3.42. The largest absolute Gasteiger partial charge is 0.475 e. The third-order valence-electron chi connectivity index (χ3n) is 3.60. The van der Waals surface area contributed by atoms with Gasteiger partial charge >= 0.3 is 0 Å². The molecule has 2 rings (SSSR count). The standard InChI is InChI=1S/C14H24N4O/c1-14(2,18(3)4)10-19-13-9-15-7-12(17-13)8-16-11-5-6-11/h7,9,11,16H,5-6,8,10H2,1-4H3. The quantitative estimate of drug-likeness (QED) is 0.808. The third kappa shape index (κ3) is 4.44. The lowest BCUT2D eigenvalue weighted by Crippen LogP contribution is -2.43. The molecule has 1 aliphatic carbocycles. The number of likely N-dealkylation sites (N-methyl/N-ethyl adjacent to an activating group) is 1. The van der Waals surface area contributed by atoms with Crippen LogP contribution in [-0.2, 0) is 6.54 Å². The molecule has 0 aromatic carbocycles. The molecule has 1 aromatic heterocycles. The maximum atomic E-state index is 5.75. The van der Waals surface area contributed by atoms with Gasteiger partial charge in [-0.2, -0.15) is 0 Å². The molecule has 1 N–H and O–H groups in total. The lowest BCUT2D eigenvalue weighted by molar-refractivity contribution is 0.110. The van der Waals surface area contributed by atoms with Crippen molar-refractivity contribution in [1.82, 2.24) is 20.2 Å². The van der Waals surface area contributed by atoms with Crippen molar-refractivity contribution in [2.24, 2.45) is 0 Å². The number of aromatic nitrogens is 2. The van der Waals surface area contributed by atoms with E-state index in [1.165, 1.54) is 12.8 Å². The maximum absolute atomic E-state index is 5.75.